The smallest absolute Gasteiger partial charge is 0.323 e. The number of amides is 4. The predicted octanol–water partition coefficient (Wildman–Crippen LogP) is 3.24. The van der Waals surface area contributed by atoms with Crippen LogP contribution in [0.5, 0.6) is 0 Å². The molecule has 3 aromatic rings. The average Bonchev–Trinajstić information content (AvgIpc) is 3.32. The summed E-state index contributed by atoms with van der Waals surface area (Å²) in [6, 6.07) is 16.1. The lowest BCUT2D eigenvalue weighted by Crippen LogP contribution is -2.54. The molecule has 9 nitrogen and oxygen atoms in total. The van der Waals surface area contributed by atoms with Crippen LogP contribution in [0.4, 0.5) is 10.5 Å². The first-order valence-electron chi connectivity index (χ1n) is 11.5. The Bertz CT molecular complexity index is 1280. The van der Waals surface area contributed by atoms with Crippen LogP contribution in [0.3, 0.4) is 0 Å². The monoisotopic (exact) mass is 550 g/mol. The number of hydrogen-bond donors (Lipinski definition) is 3. The molecule has 2 heterocycles. The van der Waals surface area contributed by atoms with Gasteiger partial charge < -0.3 is 21.3 Å². The minimum absolute atomic E-state index is 0.200. The van der Waals surface area contributed by atoms with Crippen LogP contribution in [0.1, 0.15) is 27.0 Å². The third-order valence-corrected chi connectivity index (χ3v) is 6.28. The number of aryl methyl sites for hydroxylation is 1. The fourth-order valence-electron chi connectivity index (χ4n) is 4.10. The van der Waals surface area contributed by atoms with Crippen LogP contribution in [0, 0.1) is 6.92 Å². The number of urea groups is 1. The Morgan fingerprint density at radius 3 is 2.53 bits per heavy atom. The molecule has 186 valence electrons. The Balaban J connectivity index is 1.57. The van der Waals surface area contributed by atoms with Crippen LogP contribution < -0.4 is 16.4 Å². The largest absolute Gasteiger partial charge is 0.349 e. The van der Waals surface area contributed by atoms with Crippen molar-refractivity contribution in [2.24, 2.45) is 5.73 Å². The number of benzene rings is 2. The van der Waals surface area contributed by atoms with Crippen molar-refractivity contribution in [2.45, 2.75) is 26.2 Å². The van der Waals surface area contributed by atoms with E-state index in [1.165, 1.54) is 16.0 Å². The highest BCUT2D eigenvalue weighted by Gasteiger charge is 2.43. The average molecular weight is 551 g/mol. The lowest BCUT2D eigenvalue weighted by molar-refractivity contribution is -0.128. The van der Waals surface area contributed by atoms with Gasteiger partial charge >= 0.3 is 6.03 Å². The third kappa shape index (κ3) is 5.89. The zero-order chi connectivity index (χ0) is 25.7. The number of rotatable bonds is 6. The number of nitrogens with zero attached hydrogens (tertiary/aromatic N) is 3. The molecule has 1 atom stereocenters. The second-order valence-electron chi connectivity index (χ2n) is 8.50. The molecule has 0 saturated carbocycles. The lowest BCUT2D eigenvalue weighted by Gasteiger charge is -2.29. The Hall–Kier alpha value is -3.76. The van der Waals surface area contributed by atoms with Crippen LogP contribution >= 0.6 is 15.9 Å². The van der Waals surface area contributed by atoms with E-state index in [-0.39, 0.29) is 25.5 Å². The van der Waals surface area contributed by atoms with E-state index in [0.717, 1.165) is 16.7 Å². The maximum absolute atomic E-state index is 13.4. The Labute approximate surface area is 217 Å². The second-order valence-corrected chi connectivity index (χ2v) is 9.41. The van der Waals surface area contributed by atoms with Crippen molar-refractivity contribution in [3.05, 3.63) is 93.7 Å². The summed E-state index contributed by atoms with van der Waals surface area (Å²) in [4.78, 5) is 46.8. The number of nitrogens with one attached hydrogen (secondary N) is 2. The number of halogens is 1. The molecule has 4 rings (SSSR count). The molecule has 4 N–H and O–H groups in total. The number of anilines is 1. The molecule has 0 radical (unpaired) electrons. The molecular formula is C26H27BrN6O3. The van der Waals surface area contributed by atoms with Gasteiger partial charge in [-0.2, -0.15) is 0 Å². The van der Waals surface area contributed by atoms with Crippen molar-refractivity contribution < 1.29 is 14.4 Å². The van der Waals surface area contributed by atoms with Crippen molar-refractivity contribution in [1.82, 2.24) is 20.1 Å². The van der Waals surface area contributed by atoms with Crippen LogP contribution in [-0.2, 0) is 17.9 Å². The quantitative estimate of drug-likeness (QED) is 0.435. The number of hydrogen-bond acceptors (Lipinski definition) is 5. The maximum atomic E-state index is 13.4. The summed E-state index contributed by atoms with van der Waals surface area (Å²) < 4.78 is 0.641. The van der Waals surface area contributed by atoms with E-state index in [1.807, 2.05) is 49.4 Å². The van der Waals surface area contributed by atoms with Gasteiger partial charge in [-0.1, -0.05) is 36.4 Å². The first-order chi connectivity index (χ1) is 17.4. The molecule has 1 aliphatic heterocycles. The van der Waals surface area contributed by atoms with E-state index in [4.69, 9.17) is 5.73 Å². The standard InChI is InChI=1S/C26H27BrN6O3/c1-17-4-2-7-22(10-17)31-26(36)33-9-8-32(25(35)20-12-21(27)16-29-15-20)24(33)23(34)30-14-19-6-3-5-18(11-19)13-28/h2-7,10-12,15-16,24H,8-9,13-14,28H2,1H3,(H,30,34)(H,31,36). The fourth-order valence-corrected chi connectivity index (χ4v) is 4.46. The van der Waals surface area contributed by atoms with Crippen molar-refractivity contribution in [3.8, 4) is 0 Å². The van der Waals surface area contributed by atoms with E-state index in [2.05, 4.69) is 31.5 Å². The number of pyridine rings is 1. The first-order valence-corrected chi connectivity index (χ1v) is 12.3. The molecule has 0 aliphatic carbocycles. The van der Waals surface area contributed by atoms with Crippen LogP contribution in [0.15, 0.2) is 71.5 Å². The molecule has 2 aromatic carbocycles. The second kappa shape index (κ2) is 11.3. The van der Waals surface area contributed by atoms with Gasteiger partial charge in [0.1, 0.15) is 0 Å². The molecule has 1 fully saturated rings. The molecule has 0 bridgehead atoms. The van der Waals surface area contributed by atoms with Gasteiger partial charge in [0, 0.05) is 48.7 Å². The molecule has 1 aromatic heterocycles. The van der Waals surface area contributed by atoms with Gasteiger partial charge in [0.25, 0.3) is 11.8 Å². The molecule has 4 amide bonds. The first kappa shape index (κ1) is 25.3. The maximum Gasteiger partial charge on any atom is 0.323 e. The van der Waals surface area contributed by atoms with E-state index < -0.39 is 18.1 Å². The summed E-state index contributed by atoms with van der Waals surface area (Å²) in [5.74, 6) is -0.846. The highest BCUT2D eigenvalue weighted by Crippen LogP contribution is 2.22. The molecule has 0 spiro atoms. The predicted molar refractivity (Wildman–Crippen MR) is 140 cm³/mol. The van der Waals surface area contributed by atoms with Gasteiger partial charge in [-0.25, -0.2) is 4.79 Å². The zero-order valence-corrected chi connectivity index (χ0v) is 21.4. The lowest BCUT2D eigenvalue weighted by atomic mass is 10.1. The van der Waals surface area contributed by atoms with Crippen molar-refractivity contribution in [3.63, 3.8) is 0 Å². The molecule has 1 saturated heterocycles. The molecular weight excluding hydrogens is 524 g/mol. The summed E-state index contributed by atoms with van der Waals surface area (Å²) in [5.41, 5.74) is 9.46. The third-order valence-electron chi connectivity index (χ3n) is 5.84. The number of aromatic nitrogens is 1. The van der Waals surface area contributed by atoms with E-state index in [1.54, 1.807) is 18.3 Å². The van der Waals surface area contributed by atoms with Gasteiger partial charge in [0.15, 0.2) is 6.17 Å². The zero-order valence-electron chi connectivity index (χ0n) is 19.8. The topological polar surface area (TPSA) is 121 Å². The van der Waals surface area contributed by atoms with Crippen molar-refractivity contribution in [2.75, 3.05) is 18.4 Å². The fraction of sp³-hybridized carbons (Fsp3) is 0.231. The summed E-state index contributed by atoms with van der Waals surface area (Å²) in [7, 11) is 0. The Morgan fingerprint density at radius 2 is 1.78 bits per heavy atom. The van der Waals surface area contributed by atoms with E-state index in [9.17, 15) is 14.4 Å². The Morgan fingerprint density at radius 1 is 1.03 bits per heavy atom. The van der Waals surface area contributed by atoms with E-state index >= 15 is 0 Å². The van der Waals surface area contributed by atoms with Crippen LogP contribution in [0.25, 0.3) is 0 Å². The number of carbonyl (C=O) groups is 3. The summed E-state index contributed by atoms with van der Waals surface area (Å²) >= 11 is 3.33. The minimum atomic E-state index is -1.13. The number of nitrogens with two attached hydrogens (primary N) is 1. The van der Waals surface area contributed by atoms with Gasteiger partial charge in [-0.15, -0.1) is 0 Å². The van der Waals surface area contributed by atoms with Gasteiger partial charge in [0.05, 0.1) is 5.56 Å². The normalized spacial score (nSPS) is 15.0. The summed E-state index contributed by atoms with van der Waals surface area (Å²) in [6.45, 7) is 2.95. The van der Waals surface area contributed by atoms with E-state index in [0.29, 0.717) is 22.3 Å². The summed E-state index contributed by atoms with van der Waals surface area (Å²) in [5, 5.41) is 5.72. The van der Waals surface area contributed by atoms with Gasteiger partial charge in [-0.05, 0) is 57.7 Å². The Kier molecular flexibility index (Phi) is 7.97. The van der Waals surface area contributed by atoms with Gasteiger partial charge in [0.2, 0.25) is 0 Å². The van der Waals surface area contributed by atoms with Crippen molar-refractivity contribution in [1.29, 1.82) is 0 Å². The van der Waals surface area contributed by atoms with Gasteiger partial charge in [-0.3, -0.25) is 19.5 Å². The number of carbonyl (C=O) groups excluding carboxylic acids is 3. The highest BCUT2D eigenvalue weighted by molar-refractivity contribution is 9.10. The molecule has 1 aliphatic rings. The van der Waals surface area contributed by atoms with Crippen molar-refractivity contribution >= 4 is 39.5 Å². The van der Waals surface area contributed by atoms with Crippen LogP contribution in [-0.4, -0.2) is 51.9 Å². The SMILES string of the molecule is Cc1cccc(NC(=O)N2CCN(C(=O)c3cncc(Br)c3)C2C(=O)NCc2cccc(CN)c2)c1. The molecule has 10 heteroatoms. The molecule has 36 heavy (non-hydrogen) atoms. The van der Waals surface area contributed by atoms with Crippen LogP contribution in [0.2, 0.25) is 0 Å². The summed E-state index contributed by atoms with van der Waals surface area (Å²) in [6.07, 6.45) is 1.89. The minimum Gasteiger partial charge on any atom is -0.349 e. The highest BCUT2D eigenvalue weighted by atomic mass is 79.9. The molecule has 1 unspecified atom stereocenters.